The van der Waals surface area contributed by atoms with Crippen LogP contribution in [0.3, 0.4) is 0 Å². The number of hydrogen-bond donors (Lipinski definition) is 0. The molecule has 154 valence electrons. The summed E-state index contributed by atoms with van der Waals surface area (Å²) in [6.07, 6.45) is 0.666. The molecule has 1 amide bonds. The number of amides is 1. The van der Waals surface area contributed by atoms with Gasteiger partial charge in [0.15, 0.2) is 0 Å². The molecule has 7 nitrogen and oxygen atoms in total. The summed E-state index contributed by atoms with van der Waals surface area (Å²) in [6.45, 7) is 0.763. The lowest BCUT2D eigenvalue weighted by molar-refractivity contribution is -0.141. The summed E-state index contributed by atoms with van der Waals surface area (Å²) < 4.78 is 40.7. The van der Waals surface area contributed by atoms with Crippen molar-refractivity contribution in [2.45, 2.75) is 56.9 Å². The van der Waals surface area contributed by atoms with Gasteiger partial charge in [-0.05, 0) is 43.2 Å². The quantitative estimate of drug-likeness (QED) is 0.780. The molecule has 1 saturated heterocycles. The Labute approximate surface area is 164 Å². The highest BCUT2D eigenvalue weighted by molar-refractivity contribution is 5.81. The summed E-state index contributed by atoms with van der Waals surface area (Å²) in [5, 5.41) is 4.35. The van der Waals surface area contributed by atoms with E-state index in [1.807, 2.05) is 4.90 Å². The second-order valence-electron chi connectivity index (χ2n) is 8.07. The summed E-state index contributed by atoms with van der Waals surface area (Å²) in [5.74, 6) is 1.17. The average Bonchev–Trinajstić information content (AvgIpc) is 3.23. The van der Waals surface area contributed by atoms with Crippen LogP contribution in [0.5, 0.6) is 0 Å². The van der Waals surface area contributed by atoms with Crippen molar-refractivity contribution in [3.8, 4) is 0 Å². The van der Waals surface area contributed by atoms with E-state index < -0.39 is 23.6 Å². The molecule has 0 N–H and O–H groups in total. The van der Waals surface area contributed by atoms with Crippen molar-refractivity contribution in [3.63, 3.8) is 0 Å². The Kier molecular flexibility index (Phi) is 4.08. The fraction of sp³-hybridized carbons (Fsp3) is 0.579. The molecule has 2 aromatic heterocycles. The summed E-state index contributed by atoms with van der Waals surface area (Å²) in [5.41, 5.74) is -0.935. The molecule has 0 aromatic carbocycles. The van der Waals surface area contributed by atoms with Gasteiger partial charge in [0.2, 0.25) is 5.91 Å². The minimum Gasteiger partial charge on any atom is -0.338 e. The predicted molar refractivity (Wildman–Crippen MR) is 95.0 cm³/mol. The maximum atomic E-state index is 13.1. The highest BCUT2D eigenvalue weighted by Crippen LogP contribution is 2.45. The zero-order valence-electron chi connectivity index (χ0n) is 15.6. The van der Waals surface area contributed by atoms with E-state index in [4.69, 9.17) is 0 Å². The number of aryl methyl sites for hydroxylation is 1. The fourth-order valence-electron chi connectivity index (χ4n) is 4.59. The SMILES string of the molecule is O=C([C@@H]1CCCc2nn(Cc3ccc(C(F)(F)F)nc3)c(=O)n21)N1CCC2C[C@@H]21. The number of hydrogen-bond acceptors (Lipinski definition) is 4. The average molecular weight is 407 g/mol. The lowest BCUT2D eigenvalue weighted by Gasteiger charge is -2.28. The number of halogens is 3. The van der Waals surface area contributed by atoms with Crippen molar-refractivity contribution in [2.75, 3.05) is 6.54 Å². The van der Waals surface area contributed by atoms with Gasteiger partial charge in [-0.2, -0.15) is 18.3 Å². The van der Waals surface area contributed by atoms with E-state index in [9.17, 15) is 22.8 Å². The second-order valence-corrected chi connectivity index (χ2v) is 8.07. The first kappa shape index (κ1) is 18.4. The number of alkyl halides is 3. The number of carbonyl (C=O) groups is 1. The van der Waals surface area contributed by atoms with Gasteiger partial charge in [-0.3, -0.25) is 14.3 Å². The van der Waals surface area contributed by atoms with Crippen LogP contribution in [-0.2, 0) is 23.9 Å². The van der Waals surface area contributed by atoms with E-state index >= 15 is 0 Å². The molecule has 3 atom stereocenters. The second kappa shape index (κ2) is 6.43. The van der Waals surface area contributed by atoms with Crippen LogP contribution >= 0.6 is 0 Å². The van der Waals surface area contributed by atoms with E-state index in [0.717, 1.165) is 38.1 Å². The summed E-state index contributed by atoms with van der Waals surface area (Å²) >= 11 is 0. The van der Waals surface area contributed by atoms with Gasteiger partial charge in [-0.1, -0.05) is 6.07 Å². The van der Waals surface area contributed by atoms with Crippen LogP contribution in [0.15, 0.2) is 23.1 Å². The monoisotopic (exact) mass is 407 g/mol. The van der Waals surface area contributed by atoms with E-state index in [1.54, 1.807) is 0 Å². The van der Waals surface area contributed by atoms with Crippen molar-refractivity contribution < 1.29 is 18.0 Å². The highest BCUT2D eigenvalue weighted by Gasteiger charge is 2.50. The molecule has 0 spiro atoms. The normalized spacial score (nSPS) is 25.6. The number of piperidine rings is 1. The number of nitrogens with zero attached hydrogens (tertiary/aromatic N) is 5. The number of carbonyl (C=O) groups excluding carboxylic acids is 1. The first-order valence-electron chi connectivity index (χ1n) is 9.84. The van der Waals surface area contributed by atoms with E-state index in [-0.39, 0.29) is 12.5 Å². The molecule has 10 heteroatoms. The van der Waals surface area contributed by atoms with Crippen molar-refractivity contribution in [1.82, 2.24) is 24.2 Å². The number of pyridine rings is 1. The molecule has 2 aromatic rings. The molecule has 0 radical (unpaired) electrons. The molecule has 3 aliphatic rings. The predicted octanol–water partition coefficient (Wildman–Crippen LogP) is 2.01. The lowest BCUT2D eigenvalue weighted by atomic mass is 10.0. The molecule has 2 aliphatic heterocycles. The maximum Gasteiger partial charge on any atom is 0.433 e. The molecule has 2 fully saturated rings. The van der Waals surface area contributed by atoms with Crippen LogP contribution in [0.1, 0.15) is 48.8 Å². The zero-order chi connectivity index (χ0) is 20.3. The number of rotatable bonds is 3. The van der Waals surface area contributed by atoms with Gasteiger partial charge >= 0.3 is 11.9 Å². The first-order chi connectivity index (χ1) is 13.8. The van der Waals surface area contributed by atoms with Crippen LogP contribution in [-0.4, -0.2) is 42.7 Å². The third-order valence-corrected chi connectivity index (χ3v) is 6.17. The number of aromatic nitrogens is 4. The molecular weight excluding hydrogens is 387 g/mol. The standard InChI is InChI=1S/C19H20F3N5O2/c20-19(21,22)15-5-4-11(9-23-15)10-26-18(29)27-13(2-1-3-16(27)24-26)17(28)25-7-6-12-8-14(12)25/h4-5,9,12-14H,1-3,6-8,10H2/t12?,13-,14-/m0/s1. The van der Waals surface area contributed by atoms with Gasteiger partial charge in [-0.25, -0.2) is 9.48 Å². The molecule has 1 unspecified atom stereocenters. The van der Waals surface area contributed by atoms with Gasteiger partial charge in [0, 0.05) is 25.2 Å². The Bertz CT molecular complexity index is 1010. The minimum absolute atomic E-state index is 0.00574. The zero-order valence-corrected chi connectivity index (χ0v) is 15.6. The third-order valence-electron chi connectivity index (χ3n) is 6.17. The topological polar surface area (TPSA) is 73.0 Å². The van der Waals surface area contributed by atoms with Crippen molar-refractivity contribution in [2.24, 2.45) is 5.92 Å². The highest BCUT2D eigenvalue weighted by atomic mass is 19.4. The lowest BCUT2D eigenvalue weighted by Crippen LogP contribution is -2.42. The summed E-state index contributed by atoms with van der Waals surface area (Å²) in [7, 11) is 0. The Hall–Kier alpha value is -2.65. The van der Waals surface area contributed by atoms with E-state index in [1.165, 1.54) is 15.3 Å². The smallest absolute Gasteiger partial charge is 0.338 e. The van der Waals surface area contributed by atoms with Crippen LogP contribution in [0, 0.1) is 5.92 Å². The van der Waals surface area contributed by atoms with Gasteiger partial charge in [0.1, 0.15) is 17.6 Å². The number of likely N-dealkylation sites (tertiary alicyclic amines) is 1. The summed E-state index contributed by atoms with van der Waals surface area (Å²) in [6, 6.07) is 1.98. The van der Waals surface area contributed by atoms with Crippen LogP contribution in [0.25, 0.3) is 0 Å². The molecule has 0 bridgehead atoms. The van der Waals surface area contributed by atoms with Gasteiger partial charge in [-0.15, -0.1) is 0 Å². The third kappa shape index (κ3) is 3.14. The van der Waals surface area contributed by atoms with Crippen LogP contribution < -0.4 is 5.69 Å². The Morgan fingerprint density at radius 3 is 2.69 bits per heavy atom. The Morgan fingerprint density at radius 2 is 2.07 bits per heavy atom. The molecule has 5 rings (SSSR count). The fourth-order valence-corrected chi connectivity index (χ4v) is 4.59. The van der Waals surface area contributed by atoms with Crippen molar-refractivity contribution in [3.05, 3.63) is 45.9 Å². The van der Waals surface area contributed by atoms with Crippen LogP contribution in [0.2, 0.25) is 0 Å². The Balaban J connectivity index is 1.40. The van der Waals surface area contributed by atoms with Crippen molar-refractivity contribution in [1.29, 1.82) is 0 Å². The number of fused-ring (bicyclic) bond motifs is 2. The summed E-state index contributed by atoms with van der Waals surface area (Å²) in [4.78, 5) is 31.4. The molecule has 4 heterocycles. The maximum absolute atomic E-state index is 13.1. The molecule has 1 saturated carbocycles. The van der Waals surface area contributed by atoms with Gasteiger partial charge in [0.25, 0.3) is 0 Å². The largest absolute Gasteiger partial charge is 0.433 e. The first-order valence-corrected chi connectivity index (χ1v) is 9.84. The van der Waals surface area contributed by atoms with E-state index in [0.29, 0.717) is 36.2 Å². The molecule has 1 aliphatic carbocycles. The van der Waals surface area contributed by atoms with Crippen LogP contribution in [0.4, 0.5) is 13.2 Å². The van der Waals surface area contributed by atoms with Crippen molar-refractivity contribution >= 4 is 5.91 Å². The van der Waals surface area contributed by atoms with Gasteiger partial charge in [0.05, 0.1) is 6.54 Å². The minimum atomic E-state index is -4.51. The molecular formula is C19H20F3N5O2. The van der Waals surface area contributed by atoms with E-state index in [2.05, 4.69) is 10.1 Å². The molecule has 29 heavy (non-hydrogen) atoms. The van der Waals surface area contributed by atoms with Gasteiger partial charge < -0.3 is 4.90 Å². The Morgan fingerprint density at radius 1 is 1.24 bits per heavy atom.